The third-order valence-corrected chi connectivity index (χ3v) is 7.27. The standard InChI is InChI=1S/C29H39NO6S/c1-22(28(32)36-21-24-16-18-25(34-5)19-17-24)26(30-37(33)29(2,3)4)14-10-7-11-15-27(31)35-20-23-12-8-6-9-13-23/h6-10,12-13,16-19,22,26,30H,11,14-15,20-21H2,1-5H3/b10-7-/t22-,26+,37?/m0/s1. The van der Waals surface area contributed by atoms with Gasteiger partial charge in [0, 0.05) is 12.5 Å². The number of hydrogen-bond donors (Lipinski definition) is 1. The summed E-state index contributed by atoms with van der Waals surface area (Å²) in [7, 11) is 0.231. The highest BCUT2D eigenvalue weighted by Gasteiger charge is 2.29. The van der Waals surface area contributed by atoms with Crippen LogP contribution < -0.4 is 9.46 Å². The Balaban J connectivity index is 1.88. The van der Waals surface area contributed by atoms with E-state index in [2.05, 4.69) is 4.72 Å². The van der Waals surface area contributed by atoms with E-state index in [0.29, 0.717) is 12.8 Å². The number of hydrogen-bond acceptors (Lipinski definition) is 6. The van der Waals surface area contributed by atoms with Crippen molar-refractivity contribution < 1.29 is 28.0 Å². The summed E-state index contributed by atoms with van der Waals surface area (Å²) in [5, 5.41) is 0. The van der Waals surface area contributed by atoms with Gasteiger partial charge in [0.2, 0.25) is 0 Å². The molecule has 7 nitrogen and oxygen atoms in total. The van der Waals surface area contributed by atoms with Crippen LogP contribution >= 0.6 is 0 Å². The number of rotatable bonds is 14. The van der Waals surface area contributed by atoms with E-state index in [1.807, 2.05) is 87.5 Å². The van der Waals surface area contributed by atoms with E-state index in [1.165, 1.54) is 0 Å². The van der Waals surface area contributed by atoms with Crippen LogP contribution in [0.5, 0.6) is 5.75 Å². The molecule has 0 bridgehead atoms. The molecule has 1 unspecified atom stereocenters. The Morgan fingerprint density at radius 3 is 2.19 bits per heavy atom. The van der Waals surface area contributed by atoms with Gasteiger partial charge in [-0.2, -0.15) is 0 Å². The third kappa shape index (κ3) is 11.3. The molecule has 2 rings (SSSR count). The summed E-state index contributed by atoms with van der Waals surface area (Å²) in [6.07, 6.45) is 5.01. The number of carbonyl (C=O) groups is 2. The Bertz CT molecular complexity index is 1030. The van der Waals surface area contributed by atoms with Crippen molar-refractivity contribution in [2.75, 3.05) is 7.11 Å². The van der Waals surface area contributed by atoms with E-state index in [-0.39, 0.29) is 31.6 Å². The summed E-state index contributed by atoms with van der Waals surface area (Å²) in [5.41, 5.74) is 1.79. The highest BCUT2D eigenvalue weighted by molar-refractivity contribution is 7.84. The summed E-state index contributed by atoms with van der Waals surface area (Å²) in [5.74, 6) is -0.455. The van der Waals surface area contributed by atoms with Gasteiger partial charge in [-0.15, -0.1) is 0 Å². The largest absolute Gasteiger partial charge is 0.497 e. The van der Waals surface area contributed by atoms with Crippen LogP contribution in [0, 0.1) is 5.92 Å². The number of benzene rings is 2. The van der Waals surface area contributed by atoms with Crippen molar-refractivity contribution in [1.29, 1.82) is 0 Å². The number of esters is 2. The molecule has 1 N–H and O–H groups in total. The van der Waals surface area contributed by atoms with Crippen LogP contribution in [0.25, 0.3) is 0 Å². The van der Waals surface area contributed by atoms with Crippen LogP contribution in [-0.4, -0.2) is 34.0 Å². The molecule has 37 heavy (non-hydrogen) atoms. The van der Waals surface area contributed by atoms with Crippen molar-refractivity contribution in [2.45, 2.75) is 71.0 Å². The first-order valence-corrected chi connectivity index (χ1v) is 13.6. The SMILES string of the molecule is COc1ccc(COC(=O)[C@@H](C)[C@@H](C/C=C\CCC(=O)OCc2ccccc2)NS(=O)C(C)(C)C)cc1. The number of allylic oxidation sites excluding steroid dienone is 1. The molecule has 0 radical (unpaired) electrons. The fraction of sp³-hybridized carbons (Fsp3) is 0.448. The van der Waals surface area contributed by atoms with Gasteiger partial charge in [0.05, 0.1) is 28.8 Å². The van der Waals surface area contributed by atoms with Crippen molar-refractivity contribution in [3.8, 4) is 5.75 Å². The highest BCUT2D eigenvalue weighted by Crippen LogP contribution is 2.18. The van der Waals surface area contributed by atoms with Gasteiger partial charge in [-0.25, -0.2) is 8.93 Å². The Hall–Kier alpha value is -2.97. The maximum absolute atomic E-state index is 12.8. The van der Waals surface area contributed by atoms with Gasteiger partial charge in [-0.1, -0.05) is 61.5 Å². The second kappa shape index (κ2) is 15.3. The van der Waals surface area contributed by atoms with Crippen LogP contribution in [0.2, 0.25) is 0 Å². The lowest BCUT2D eigenvalue weighted by Gasteiger charge is -2.27. The Morgan fingerprint density at radius 1 is 0.946 bits per heavy atom. The number of ether oxygens (including phenoxy) is 3. The first-order chi connectivity index (χ1) is 17.6. The molecule has 8 heteroatoms. The zero-order valence-corrected chi connectivity index (χ0v) is 23.2. The number of nitrogens with one attached hydrogen (secondary N) is 1. The molecule has 2 aromatic rings. The minimum atomic E-state index is -1.36. The van der Waals surface area contributed by atoms with Gasteiger partial charge in [0.15, 0.2) is 0 Å². The van der Waals surface area contributed by atoms with Gasteiger partial charge in [0.25, 0.3) is 0 Å². The smallest absolute Gasteiger partial charge is 0.310 e. The zero-order chi connectivity index (χ0) is 27.3. The molecular weight excluding hydrogens is 490 g/mol. The summed E-state index contributed by atoms with van der Waals surface area (Å²) >= 11 is 0. The molecule has 0 saturated heterocycles. The monoisotopic (exact) mass is 529 g/mol. The van der Waals surface area contributed by atoms with Crippen molar-refractivity contribution in [3.05, 3.63) is 77.9 Å². The quantitative estimate of drug-likeness (QED) is 0.265. The first kappa shape index (κ1) is 30.3. The van der Waals surface area contributed by atoms with E-state index < -0.39 is 27.7 Å². The van der Waals surface area contributed by atoms with Gasteiger partial charge < -0.3 is 14.2 Å². The molecule has 0 fully saturated rings. The third-order valence-electron chi connectivity index (χ3n) is 5.64. The van der Waals surface area contributed by atoms with Gasteiger partial charge in [0.1, 0.15) is 19.0 Å². The maximum Gasteiger partial charge on any atom is 0.310 e. The Morgan fingerprint density at radius 2 is 1.57 bits per heavy atom. The molecule has 0 amide bonds. The molecular formula is C29H39NO6S. The number of methoxy groups -OCH3 is 1. The van der Waals surface area contributed by atoms with Crippen LogP contribution in [0.3, 0.4) is 0 Å². The minimum absolute atomic E-state index is 0.142. The number of carbonyl (C=O) groups excluding carboxylic acids is 2. The van der Waals surface area contributed by atoms with E-state index in [4.69, 9.17) is 14.2 Å². The van der Waals surface area contributed by atoms with Crippen LogP contribution in [0.15, 0.2) is 66.7 Å². The topological polar surface area (TPSA) is 90.9 Å². The van der Waals surface area contributed by atoms with E-state index in [9.17, 15) is 13.8 Å². The molecule has 2 aromatic carbocycles. The second-order valence-electron chi connectivity index (χ2n) is 9.74. The molecule has 0 spiro atoms. The molecule has 202 valence electrons. The van der Waals surface area contributed by atoms with Crippen LogP contribution in [0.4, 0.5) is 0 Å². The average Bonchev–Trinajstić information content (AvgIpc) is 2.89. The fourth-order valence-corrected chi connectivity index (χ4v) is 4.14. The molecule has 0 aliphatic rings. The van der Waals surface area contributed by atoms with Crippen molar-refractivity contribution >= 4 is 22.9 Å². The van der Waals surface area contributed by atoms with E-state index in [0.717, 1.165) is 16.9 Å². The van der Waals surface area contributed by atoms with Crippen LogP contribution in [0.1, 0.15) is 58.1 Å². The Labute approximate surface area is 223 Å². The van der Waals surface area contributed by atoms with Crippen molar-refractivity contribution in [3.63, 3.8) is 0 Å². The van der Waals surface area contributed by atoms with E-state index in [1.54, 1.807) is 14.0 Å². The van der Waals surface area contributed by atoms with Gasteiger partial charge in [-0.3, -0.25) is 9.59 Å². The molecule has 3 atom stereocenters. The van der Waals surface area contributed by atoms with Crippen LogP contribution in [-0.2, 0) is 43.3 Å². The van der Waals surface area contributed by atoms with Crippen molar-refractivity contribution in [2.24, 2.45) is 5.92 Å². The minimum Gasteiger partial charge on any atom is -0.497 e. The lowest BCUT2D eigenvalue weighted by Crippen LogP contribution is -2.45. The fourth-order valence-electron chi connectivity index (χ4n) is 3.21. The summed E-state index contributed by atoms with van der Waals surface area (Å²) in [6, 6.07) is 16.4. The average molecular weight is 530 g/mol. The summed E-state index contributed by atoms with van der Waals surface area (Å²) in [4.78, 5) is 24.8. The summed E-state index contributed by atoms with van der Waals surface area (Å²) < 4.78 is 31.3. The highest BCUT2D eigenvalue weighted by atomic mass is 32.2. The molecule has 0 aliphatic carbocycles. The summed E-state index contributed by atoms with van der Waals surface area (Å²) in [6.45, 7) is 7.78. The predicted molar refractivity (Wildman–Crippen MR) is 146 cm³/mol. The predicted octanol–water partition coefficient (Wildman–Crippen LogP) is 5.26. The second-order valence-corrected chi connectivity index (χ2v) is 11.7. The molecule has 0 aromatic heterocycles. The molecule has 0 heterocycles. The lowest BCUT2D eigenvalue weighted by atomic mass is 9.99. The Kier molecular flexibility index (Phi) is 12.5. The maximum atomic E-state index is 12.8. The van der Waals surface area contributed by atoms with Gasteiger partial charge >= 0.3 is 11.9 Å². The van der Waals surface area contributed by atoms with Gasteiger partial charge in [-0.05, 0) is 56.9 Å². The molecule has 0 saturated carbocycles. The lowest BCUT2D eigenvalue weighted by molar-refractivity contribution is -0.150. The first-order valence-electron chi connectivity index (χ1n) is 12.4. The molecule has 0 aliphatic heterocycles. The normalized spacial score (nSPS) is 14.1. The van der Waals surface area contributed by atoms with Crippen molar-refractivity contribution in [1.82, 2.24) is 4.72 Å². The zero-order valence-electron chi connectivity index (χ0n) is 22.4. The van der Waals surface area contributed by atoms with E-state index >= 15 is 0 Å².